The van der Waals surface area contributed by atoms with E-state index in [0.29, 0.717) is 0 Å². The maximum absolute atomic E-state index is 4.37. The summed E-state index contributed by atoms with van der Waals surface area (Å²) in [4.78, 5) is 0. The standard InChI is InChI=1S/C10H22N3/c1-3-4-5-6-7-8-13-10-9-12(2)11-13/h3-10H2,1-2H3/q+1. The number of rotatable bonds is 6. The molecule has 0 aromatic carbocycles. The molecule has 0 saturated carbocycles. The SMILES string of the molecule is CCCCCCCN1CC[N+](C)=N1. The van der Waals surface area contributed by atoms with Crippen molar-refractivity contribution in [3.8, 4) is 0 Å². The Labute approximate surface area is 81.4 Å². The predicted molar refractivity (Wildman–Crippen MR) is 53.8 cm³/mol. The first-order valence-corrected chi connectivity index (χ1v) is 5.50. The van der Waals surface area contributed by atoms with Gasteiger partial charge in [0.25, 0.3) is 0 Å². The molecule has 1 aliphatic heterocycles. The topological polar surface area (TPSA) is 18.6 Å². The third-order valence-electron chi connectivity index (χ3n) is 2.48. The maximum Gasteiger partial charge on any atom is 0.146 e. The minimum absolute atomic E-state index is 1.09. The summed E-state index contributed by atoms with van der Waals surface area (Å²) in [7, 11) is 2.04. The molecule has 0 atom stereocenters. The van der Waals surface area contributed by atoms with E-state index >= 15 is 0 Å². The van der Waals surface area contributed by atoms with E-state index in [1.807, 2.05) is 11.7 Å². The highest BCUT2D eigenvalue weighted by molar-refractivity contribution is 4.52. The Hall–Kier alpha value is -0.600. The fraction of sp³-hybridized carbons (Fsp3) is 1.00. The maximum atomic E-state index is 4.37. The molecule has 1 rings (SSSR count). The van der Waals surface area contributed by atoms with Gasteiger partial charge in [0.1, 0.15) is 19.6 Å². The first kappa shape index (κ1) is 10.5. The Kier molecular flexibility index (Phi) is 4.79. The van der Waals surface area contributed by atoms with Crippen LogP contribution < -0.4 is 0 Å². The van der Waals surface area contributed by atoms with Crippen LogP contribution in [0, 0.1) is 0 Å². The van der Waals surface area contributed by atoms with E-state index in [1.165, 1.54) is 32.1 Å². The molecular formula is C10H22N3+. The second-order valence-corrected chi connectivity index (χ2v) is 3.84. The van der Waals surface area contributed by atoms with Crippen LogP contribution in [0.2, 0.25) is 0 Å². The van der Waals surface area contributed by atoms with Gasteiger partial charge in [-0.2, -0.15) is 9.71 Å². The lowest BCUT2D eigenvalue weighted by Crippen LogP contribution is -2.16. The normalized spacial score (nSPS) is 16.5. The molecule has 0 aromatic heterocycles. The quantitative estimate of drug-likeness (QED) is 0.457. The fourth-order valence-electron chi connectivity index (χ4n) is 1.62. The zero-order valence-corrected chi connectivity index (χ0v) is 9.00. The van der Waals surface area contributed by atoms with Gasteiger partial charge in [-0.3, -0.25) is 0 Å². The number of nitrogens with zero attached hydrogens (tertiary/aromatic N) is 3. The van der Waals surface area contributed by atoms with E-state index in [1.54, 1.807) is 0 Å². The van der Waals surface area contributed by atoms with Gasteiger partial charge in [-0.15, -0.1) is 0 Å². The van der Waals surface area contributed by atoms with Gasteiger partial charge in [0.15, 0.2) is 0 Å². The number of hydrogen-bond acceptors (Lipinski definition) is 2. The second-order valence-electron chi connectivity index (χ2n) is 3.84. The Bertz CT molecular complexity index is 166. The van der Waals surface area contributed by atoms with E-state index in [2.05, 4.69) is 17.2 Å². The fourth-order valence-corrected chi connectivity index (χ4v) is 1.62. The van der Waals surface area contributed by atoms with Crippen LogP contribution in [-0.4, -0.2) is 36.4 Å². The van der Waals surface area contributed by atoms with Gasteiger partial charge in [0.2, 0.25) is 0 Å². The molecule has 0 unspecified atom stereocenters. The first-order valence-electron chi connectivity index (χ1n) is 5.50. The molecule has 0 aliphatic carbocycles. The molecule has 3 nitrogen and oxygen atoms in total. The smallest absolute Gasteiger partial charge is 0.146 e. The lowest BCUT2D eigenvalue weighted by molar-refractivity contribution is -0.555. The van der Waals surface area contributed by atoms with Crippen molar-refractivity contribution in [3.05, 3.63) is 0 Å². The minimum atomic E-state index is 1.09. The molecule has 0 N–H and O–H groups in total. The zero-order chi connectivity index (χ0) is 9.52. The number of unbranched alkanes of at least 4 members (excludes halogenated alkanes) is 4. The zero-order valence-electron chi connectivity index (χ0n) is 9.00. The third-order valence-corrected chi connectivity index (χ3v) is 2.48. The van der Waals surface area contributed by atoms with Gasteiger partial charge in [-0.05, 0) is 12.8 Å². The molecular weight excluding hydrogens is 162 g/mol. The van der Waals surface area contributed by atoms with Crippen LogP contribution in [0.15, 0.2) is 5.22 Å². The van der Waals surface area contributed by atoms with E-state index in [9.17, 15) is 0 Å². The van der Waals surface area contributed by atoms with Crippen LogP contribution in [0.25, 0.3) is 0 Å². The van der Waals surface area contributed by atoms with Crippen LogP contribution in [0.4, 0.5) is 0 Å². The summed E-state index contributed by atoms with van der Waals surface area (Å²) < 4.78 is 2.02. The highest BCUT2D eigenvalue weighted by Gasteiger charge is 2.17. The highest BCUT2D eigenvalue weighted by atomic mass is 15.6. The van der Waals surface area contributed by atoms with Gasteiger partial charge < -0.3 is 0 Å². The van der Waals surface area contributed by atoms with Gasteiger partial charge in [-0.25, -0.2) is 0 Å². The van der Waals surface area contributed by atoms with E-state index in [0.717, 1.165) is 19.6 Å². The summed E-state index contributed by atoms with van der Waals surface area (Å²) in [6, 6.07) is 0. The van der Waals surface area contributed by atoms with Crippen molar-refractivity contribution in [1.82, 2.24) is 5.01 Å². The highest BCUT2D eigenvalue weighted by Crippen LogP contribution is 2.06. The summed E-state index contributed by atoms with van der Waals surface area (Å²) in [6.07, 6.45) is 6.77. The lowest BCUT2D eigenvalue weighted by atomic mass is 10.1. The van der Waals surface area contributed by atoms with Crippen LogP contribution in [-0.2, 0) is 0 Å². The predicted octanol–water partition coefficient (Wildman–Crippen LogP) is 2.28. The van der Waals surface area contributed by atoms with E-state index in [4.69, 9.17) is 0 Å². The average molecular weight is 184 g/mol. The minimum Gasteiger partial charge on any atom is -0.168 e. The van der Waals surface area contributed by atoms with Crippen molar-refractivity contribution in [2.45, 2.75) is 39.0 Å². The molecule has 13 heavy (non-hydrogen) atoms. The summed E-state index contributed by atoms with van der Waals surface area (Å²) in [5, 5.41) is 6.56. The molecule has 0 bridgehead atoms. The Morgan fingerprint density at radius 2 is 2.00 bits per heavy atom. The second kappa shape index (κ2) is 5.95. The van der Waals surface area contributed by atoms with Crippen molar-refractivity contribution in [2.24, 2.45) is 5.22 Å². The Balaban J connectivity index is 1.94. The van der Waals surface area contributed by atoms with Crippen molar-refractivity contribution >= 4 is 0 Å². The van der Waals surface area contributed by atoms with Crippen LogP contribution in [0.5, 0.6) is 0 Å². The van der Waals surface area contributed by atoms with Gasteiger partial charge >= 0.3 is 0 Å². The molecule has 0 fully saturated rings. The van der Waals surface area contributed by atoms with E-state index < -0.39 is 0 Å². The molecule has 3 heteroatoms. The molecule has 1 aliphatic rings. The van der Waals surface area contributed by atoms with Crippen molar-refractivity contribution < 1.29 is 4.70 Å². The molecule has 0 saturated heterocycles. The van der Waals surface area contributed by atoms with Gasteiger partial charge in [0.05, 0.1) is 12.3 Å². The lowest BCUT2D eigenvalue weighted by Gasteiger charge is -2.03. The molecule has 76 valence electrons. The van der Waals surface area contributed by atoms with Crippen LogP contribution in [0.3, 0.4) is 0 Å². The summed E-state index contributed by atoms with van der Waals surface area (Å²) in [5.41, 5.74) is 0. The number of likely N-dealkylation sites (N-methyl/N-ethyl adjacent to an activating group) is 1. The van der Waals surface area contributed by atoms with Crippen molar-refractivity contribution in [3.63, 3.8) is 0 Å². The summed E-state index contributed by atoms with van der Waals surface area (Å²) in [6.45, 7) is 5.61. The number of hydrogen-bond donors (Lipinski definition) is 0. The van der Waals surface area contributed by atoms with Crippen LogP contribution >= 0.6 is 0 Å². The molecule has 0 spiro atoms. The Morgan fingerprint density at radius 3 is 2.62 bits per heavy atom. The molecule has 0 aromatic rings. The van der Waals surface area contributed by atoms with Gasteiger partial charge in [0, 0.05) is 0 Å². The monoisotopic (exact) mass is 184 g/mol. The average Bonchev–Trinajstić information content (AvgIpc) is 2.51. The summed E-state index contributed by atoms with van der Waals surface area (Å²) in [5.74, 6) is 0. The molecule has 0 amide bonds. The van der Waals surface area contributed by atoms with Gasteiger partial charge in [-0.1, -0.05) is 26.2 Å². The first-order chi connectivity index (χ1) is 6.33. The van der Waals surface area contributed by atoms with Crippen molar-refractivity contribution in [1.29, 1.82) is 0 Å². The van der Waals surface area contributed by atoms with Crippen LogP contribution in [0.1, 0.15) is 39.0 Å². The molecule has 0 radical (unpaired) electrons. The molecule has 1 heterocycles. The van der Waals surface area contributed by atoms with E-state index in [-0.39, 0.29) is 0 Å². The third kappa shape index (κ3) is 4.25. The van der Waals surface area contributed by atoms with Crippen molar-refractivity contribution in [2.75, 3.05) is 26.7 Å². The Morgan fingerprint density at radius 1 is 1.23 bits per heavy atom. The largest absolute Gasteiger partial charge is 0.168 e. The summed E-state index contributed by atoms with van der Waals surface area (Å²) >= 11 is 0.